The summed E-state index contributed by atoms with van der Waals surface area (Å²) in [6.07, 6.45) is 0. The summed E-state index contributed by atoms with van der Waals surface area (Å²) in [7, 11) is -4.01. The number of rotatable bonds is 1. The second-order valence-corrected chi connectivity index (χ2v) is 2.11. The van der Waals surface area contributed by atoms with Crippen molar-refractivity contribution in [3.8, 4) is 0 Å². The van der Waals surface area contributed by atoms with Gasteiger partial charge in [-0.2, -0.15) is 0 Å². The van der Waals surface area contributed by atoms with Gasteiger partial charge >= 0.3 is 7.60 Å². The minimum Gasteiger partial charge on any atom is -0.321 e. The topological polar surface area (TPSA) is 57.5 Å². The van der Waals surface area contributed by atoms with Crippen LogP contribution >= 0.6 is 7.60 Å². The van der Waals surface area contributed by atoms with Gasteiger partial charge in [0.15, 0.2) is 0 Å². The SMILES string of the molecule is C=[C]P(=O)(O)O. The van der Waals surface area contributed by atoms with Crippen molar-refractivity contribution in [1.82, 2.24) is 0 Å². The third-order valence-electron chi connectivity index (χ3n) is 0.206. The minimum atomic E-state index is -4.01. The van der Waals surface area contributed by atoms with E-state index in [4.69, 9.17) is 9.79 Å². The van der Waals surface area contributed by atoms with Crippen LogP contribution in [0.3, 0.4) is 0 Å². The average Bonchev–Trinajstić information content (AvgIpc) is 1.35. The molecule has 1 radical (unpaired) electrons. The van der Waals surface area contributed by atoms with Crippen LogP contribution in [0.2, 0.25) is 0 Å². The molecule has 0 amide bonds. The Balaban J connectivity index is 3.81. The predicted octanol–water partition coefficient (Wildman–Crippen LogP) is 0.111. The zero-order chi connectivity index (χ0) is 5.21. The Bertz CT molecular complexity index is 91.0. The Hall–Kier alpha value is -0.110. The molecule has 4 heteroatoms. The molecule has 0 bridgehead atoms. The Morgan fingerprint density at radius 1 is 1.67 bits per heavy atom. The molecule has 2 N–H and O–H groups in total. The van der Waals surface area contributed by atoms with Crippen LogP contribution in [0, 0.1) is 5.82 Å². The molecule has 0 aliphatic carbocycles. The van der Waals surface area contributed by atoms with Gasteiger partial charge in [0.25, 0.3) is 0 Å². The summed E-state index contributed by atoms with van der Waals surface area (Å²) in [5.41, 5.74) is 0. The highest BCUT2D eigenvalue weighted by atomic mass is 31.2. The molecule has 0 aromatic heterocycles. The van der Waals surface area contributed by atoms with E-state index >= 15 is 0 Å². The lowest BCUT2D eigenvalue weighted by Gasteiger charge is -1.86. The monoisotopic (exact) mass is 107 g/mol. The van der Waals surface area contributed by atoms with Gasteiger partial charge in [-0.25, -0.2) is 0 Å². The Labute approximate surface area is 35.5 Å². The summed E-state index contributed by atoms with van der Waals surface area (Å²) in [5, 5.41) is 0. The maximum Gasteiger partial charge on any atom is 0.356 e. The summed E-state index contributed by atoms with van der Waals surface area (Å²) in [4.78, 5) is 15.5. The first-order valence-corrected chi connectivity index (χ1v) is 2.77. The number of hydrogen-bond donors (Lipinski definition) is 2. The third-order valence-corrected chi connectivity index (χ3v) is 0.618. The van der Waals surface area contributed by atoms with Gasteiger partial charge in [-0.1, -0.05) is 6.58 Å². The molecule has 0 atom stereocenters. The maximum absolute atomic E-state index is 9.52. The van der Waals surface area contributed by atoms with E-state index in [1.165, 1.54) is 5.82 Å². The van der Waals surface area contributed by atoms with E-state index in [9.17, 15) is 4.57 Å². The molecule has 0 aromatic rings. The molecular formula is C2H4O3P. The molecule has 0 rings (SSSR count). The normalized spacial score (nSPS) is 11.0. The first-order valence-electron chi connectivity index (χ1n) is 1.16. The molecule has 0 heterocycles. The summed E-state index contributed by atoms with van der Waals surface area (Å²) >= 11 is 0. The second kappa shape index (κ2) is 1.56. The van der Waals surface area contributed by atoms with Crippen LogP contribution < -0.4 is 0 Å². The molecule has 0 spiro atoms. The average molecular weight is 107 g/mol. The smallest absolute Gasteiger partial charge is 0.321 e. The number of hydrogen-bond acceptors (Lipinski definition) is 1. The molecule has 0 saturated carbocycles. The lowest BCUT2D eigenvalue weighted by molar-refractivity contribution is 0.384. The van der Waals surface area contributed by atoms with E-state index in [1.54, 1.807) is 0 Å². The van der Waals surface area contributed by atoms with Gasteiger partial charge in [0.1, 0.15) is 0 Å². The van der Waals surface area contributed by atoms with Crippen LogP contribution in [0.15, 0.2) is 6.58 Å². The Morgan fingerprint density at radius 3 is 1.83 bits per heavy atom. The van der Waals surface area contributed by atoms with Crippen molar-refractivity contribution in [1.29, 1.82) is 0 Å². The van der Waals surface area contributed by atoms with Crippen LogP contribution in [0.4, 0.5) is 0 Å². The molecule has 3 nitrogen and oxygen atoms in total. The quantitative estimate of drug-likeness (QED) is 0.467. The molecule has 0 aromatic carbocycles. The summed E-state index contributed by atoms with van der Waals surface area (Å²) < 4.78 is 9.52. The zero-order valence-corrected chi connectivity index (χ0v) is 3.85. The van der Waals surface area contributed by atoms with Crippen molar-refractivity contribution in [2.45, 2.75) is 0 Å². The Kier molecular flexibility index (Phi) is 1.53. The first-order chi connectivity index (χ1) is 2.56. The van der Waals surface area contributed by atoms with Crippen molar-refractivity contribution in [3.05, 3.63) is 12.4 Å². The summed E-state index contributed by atoms with van der Waals surface area (Å²) in [5.74, 6) is 1.52. The molecule has 0 fully saturated rings. The van der Waals surface area contributed by atoms with Gasteiger partial charge in [0.2, 0.25) is 0 Å². The molecular weight excluding hydrogens is 103 g/mol. The van der Waals surface area contributed by atoms with Gasteiger partial charge in [-0.3, -0.25) is 4.57 Å². The fourth-order valence-corrected chi connectivity index (χ4v) is 0. The van der Waals surface area contributed by atoms with E-state index in [0.717, 1.165) is 0 Å². The van der Waals surface area contributed by atoms with Gasteiger partial charge < -0.3 is 9.79 Å². The van der Waals surface area contributed by atoms with Crippen molar-refractivity contribution < 1.29 is 14.4 Å². The van der Waals surface area contributed by atoms with Crippen LogP contribution in [-0.2, 0) is 4.57 Å². The van der Waals surface area contributed by atoms with Crippen molar-refractivity contribution in [3.63, 3.8) is 0 Å². The molecule has 35 valence electrons. The lowest BCUT2D eigenvalue weighted by Crippen LogP contribution is -1.64. The predicted molar refractivity (Wildman–Crippen MR) is 20.9 cm³/mol. The molecule has 0 aliphatic rings. The van der Waals surface area contributed by atoms with Gasteiger partial charge in [-0.15, -0.1) is 0 Å². The highest BCUT2D eigenvalue weighted by molar-refractivity contribution is 7.53. The van der Waals surface area contributed by atoms with Gasteiger partial charge in [-0.05, 0) is 0 Å². The van der Waals surface area contributed by atoms with E-state index < -0.39 is 7.60 Å². The molecule has 0 aliphatic heterocycles. The minimum absolute atomic E-state index is 1.52. The highest BCUT2D eigenvalue weighted by Gasteiger charge is 2.02. The highest BCUT2D eigenvalue weighted by Crippen LogP contribution is 2.33. The van der Waals surface area contributed by atoms with Crippen LogP contribution in [-0.4, -0.2) is 9.79 Å². The second-order valence-electron chi connectivity index (χ2n) is 0.702. The van der Waals surface area contributed by atoms with Crippen LogP contribution in [0.1, 0.15) is 0 Å². The van der Waals surface area contributed by atoms with Crippen LogP contribution in [0.25, 0.3) is 0 Å². The fraction of sp³-hybridized carbons (Fsp3) is 0. The fourth-order valence-electron chi connectivity index (χ4n) is 0. The van der Waals surface area contributed by atoms with E-state index in [-0.39, 0.29) is 0 Å². The van der Waals surface area contributed by atoms with Gasteiger partial charge in [0.05, 0.1) is 5.82 Å². The van der Waals surface area contributed by atoms with Crippen molar-refractivity contribution in [2.24, 2.45) is 0 Å². The van der Waals surface area contributed by atoms with Crippen LogP contribution in [0.5, 0.6) is 0 Å². The standard InChI is InChI=1S/C2H4O3P/c1-2-6(3,4)5/h1H2,(H2,3,4,5). The largest absolute Gasteiger partial charge is 0.356 e. The van der Waals surface area contributed by atoms with Crippen molar-refractivity contribution >= 4 is 7.60 Å². The summed E-state index contributed by atoms with van der Waals surface area (Å²) in [6, 6.07) is 0. The first kappa shape index (κ1) is 5.89. The van der Waals surface area contributed by atoms with E-state index in [2.05, 4.69) is 6.58 Å². The third kappa shape index (κ3) is 3.89. The molecule has 0 saturated heterocycles. The maximum atomic E-state index is 9.52. The summed E-state index contributed by atoms with van der Waals surface area (Å²) in [6.45, 7) is 2.74. The van der Waals surface area contributed by atoms with E-state index in [1.807, 2.05) is 0 Å². The van der Waals surface area contributed by atoms with E-state index in [0.29, 0.717) is 0 Å². The van der Waals surface area contributed by atoms with Gasteiger partial charge in [0, 0.05) is 0 Å². The van der Waals surface area contributed by atoms with Crippen molar-refractivity contribution in [2.75, 3.05) is 0 Å². The lowest BCUT2D eigenvalue weighted by atomic mass is 11.3. The molecule has 0 unspecified atom stereocenters. The molecule has 6 heavy (non-hydrogen) atoms. The Morgan fingerprint density at radius 2 is 1.83 bits per heavy atom. The zero-order valence-electron chi connectivity index (χ0n) is 2.96.